The van der Waals surface area contributed by atoms with Crippen molar-refractivity contribution >= 4 is 5.97 Å². The Labute approximate surface area is 249 Å². The lowest BCUT2D eigenvalue weighted by Crippen LogP contribution is -2.15. The topological polar surface area (TPSA) is 102 Å². The van der Waals surface area contributed by atoms with Crippen LogP contribution in [0.2, 0.25) is 0 Å². The van der Waals surface area contributed by atoms with Crippen LogP contribution in [0.5, 0.6) is 0 Å². The zero-order chi connectivity index (χ0) is 29.7. The van der Waals surface area contributed by atoms with Gasteiger partial charge in [0.2, 0.25) is 0 Å². The zero-order valence-corrected chi connectivity index (χ0v) is 25.6. The van der Waals surface area contributed by atoms with E-state index in [-0.39, 0.29) is 19.2 Å². The summed E-state index contributed by atoms with van der Waals surface area (Å²) >= 11 is 0. The Morgan fingerprint density at radius 3 is 1.41 bits per heavy atom. The summed E-state index contributed by atoms with van der Waals surface area (Å²) < 4.78 is 37.3. The summed E-state index contributed by atoms with van der Waals surface area (Å²) in [7, 11) is 0. The van der Waals surface area contributed by atoms with Crippen LogP contribution < -0.4 is 0 Å². The molecule has 0 saturated carbocycles. The third kappa shape index (κ3) is 36.4. The summed E-state index contributed by atoms with van der Waals surface area (Å²) in [5, 5.41) is 8.57. The van der Waals surface area contributed by atoms with Crippen molar-refractivity contribution in [2.24, 2.45) is 0 Å². The highest BCUT2D eigenvalue weighted by molar-refractivity contribution is 5.69. The normalized spacial score (nSPS) is 12.0. The quantitative estimate of drug-likeness (QED) is 0.0631. The second-order valence-electron chi connectivity index (χ2n) is 9.31. The van der Waals surface area contributed by atoms with Gasteiger partial charge in [-0.05, 0) is 25.7 Å². The van der Waals surface area contributed by atoms with Crippen LogP contribution in [-0.4, -0.2) is 104 Å². The first kappa shape index (κ1) is 39.4. The highest BCUT2D eigenvalue weighted by Crippen LogP contribution is 2.08. The van der Waals surface area contributed by atoms with Gasteiger partial charge in [-0.3, -0.25) is 4.79 Å². The van der Waals surface area contributed by atoms with Crippen molar-refractivity contribution in [3.05, 3.63) is 36.5 Å². The molecule has 0 saturated heterocycles. The lowest BCUT2D eigenvalue weighted by atomic mass is 10.1. The van der Waals surface area contributed by atoms with Gasteiger partial charge < -0.3 is 38.3 Å². The Bertz CT molecular complexity index is 608. The summed E-state index contributed by atoms with van der Waals surface area (Å²) in [6.07, 6.45) is 23.6. The highest BCUT2D eigenvalue weighted by Gasteiger charge is 2.02. The van der Waals surface area contributed by atoms with Gasteiger partial charge in [0.15, 0.2) is 0 Å². The average Bonchev–Trinajstić information content (AvgIpc) is 2.98. The molecule has 0 heterocycles. The molecule has 41 heavy (non-hydrogen) atoms. The average molecular weight is 587 g/mol. The van der Waals surface area contributed by atoms with Gasteiger partial charge in [0.05, 0.1) is 85.9 Å². The molecular formula is C32H58O9. The van der Waals surface area contributed by atoms with E-state index < -0.39 is 0 Å². The fourth-order valence-electron chi connectivity index (χ4n) is 3.41. The second kappa shape index (κ2) is 36.4. The number of rotatable bonds is 33. The molecule has 0 aromatic carbocycles. The highest BCUT2D eigenvalue weighted by atomic mass is 16.6. The van der Waals surface area contributed by atoms with E-state index in [9.17, 15) is 4.79 Å². The molecule has 0 aromatic rings. The van der Waals surface area contributed by atoms with Gasteiger partial charge in [-0.2, -0.15) is 0 Å². The third-order valence-electron chi connectivity index (χ3n) is 5.67. The van der Waals surface area contributed by atoms with Gasteiger partial charge in [0.1, 0.15) is 6.61 Å². The number of aliphatic hydroxyl groups excluding tert-OH is 1. The number of aliphatic hydroxyl groups is 1. The van der Waals surface area contributed by atoms with E-state index in [0.29, 0.717) is 85.7 Å². The standard InChI is InChI=1S/C32H58O9/c1-2-3-4-5-6-7-8-9-10-11-12-13-14-15-16-17-32(34)41-31-30-40-29-28-39-27-26-38-25-24-37-23-22-36-21-20-35-19-18-33/h5-10,33H,2-4,11-31H2,1H3/b6-5+,8-7+,10-9-. The molecular weight excluding hydrogens is 528 g/mol. The van der Waals surface area contributed by atoms with Crippen molar-refractivity contribution in [3.63, 3.8) is 0 Å². The van der Waals surface area contributed by atoms with Gasteiger partial charge >= 0.3 is 5.97 Å². The number of esters is 1. The number of hydrogen-bond acceptors (Lipinski definition) is 9. The summed E-state index contributed by atoms with van der Waals surface area (Å²) in [4.78, 5) is 11.8. The fraction of sp³-hybridized carbons (Fsp3) is 0.781. The Hall–Kier alpha value is -1.59. The smallest absolute Gasteiger partial charge is 0.305 e. The van der Waals surface area contributed by atoms with Crippen molar-refractivity contribution in [1.29, 1.82) is 0 Å². The second-order valence-corrected chi connectivity index (χ2v) is 9.31. The molecule has 0 aliphatic rings. The van der Waals surface area contributed by atoms with Crippen molar-refractivity contribution in [2.75, 3.05) is 92.5 Å². The molecule has 0 unspecified atom stereocenters. The zero-order valence-electron chi connectivity index (χ0n) is 25.6. The molecule has 0 bridgehead atoms. The summed E-state index contributed by atoms with van der Waals surface area (Å²) in [5.74, 6) is -0.152. The van der Waals surface area contributed by atoms with Crippen molar-refractivity contribution in [1.82, 2.24) is 0 Å². The van der Waals surface area contributed by atoms with E-state index in [0.717, 1.165) is 32.1 Å². The van der Waals surface area contributed by atoms with Gasteiger partial charge in [-0.1, -0.05) is 75.5 Å². The Balaban J connectivity index is 3.23. The minimum atomic E-state index is -0.152. The minimum absolute atomic E-state index is 0.0251. The molecule has 0 aliphatic heterocycles. The van der Waals surface area contributed by atoms with E-state index in [2.05, 4.69) is 43.4 Å². The Morgan fingerprint density at radius 2 is 0.927 bits per heavy atom. The molecule has 1 N–H and O–H groups in total. The van der Waals surface area contributed by atoms with Gasteiger partial charge in [0.25, 0.3) is 0 Å². The third-order valence-corrected chi connectivity index (χ3v) is 5.67. The van der Waals surface area contributed by atoms with Crippen LogP contribution in [0.15, 0.2) is 36.5 Å². The fourth-order valence-corrected chi connectivity index (χ4v) is 3.41. The molecule has 0 aromatic heterocycles. The lowest BCUT2D eigenvalue weighted by Gasteiger charge is -2.08. The number of carbonyl (C=O) groups excluding carboxylic acids is 1. The summed E-state index contributed by atoms with van der Waals surface area (Å²) in [6.45, 7) is 8.08. The van der Waals surface area contributed by atoms with Crippen LogP contribution in [0.4, 0.5) is 0 Å². The van der Waals surface area contributed by atoms with Gasteiger partial charge in [-0.15, -0.1) is 0 Å². The number of carbonyl (C=O) groups is 1. The van der Waals surface area contributed by atoms with Crippen molar-refractivity contribution in [2.45, 2.75) is 71.1 Å². The van der Waals surface area contributed by atoms with Crippen molar-refractivity contribution < 1.29 is 43.1 Å². The van der Waals surface area contributed by atoms with E-state index in [1.165, 1.54) is 25.7 Å². The molecule has 0 fully saturated rings. The molecule has 0 spiro atoms. The molecule has 0 atom stereocenters. The summed E-state index contributed by atoms with van der Waals surface area (Å²) in [5.41, 5.74) is 0. The molecule has 240 valence electrons. The Morgan fingerprint density at radius 1 is 0.512 bits per heavy atom. The molecule has 9 nitrogen and oxygen atoms in total. The van der Waals surface area contributed by atoms with E-state index in [1.807, 2.05) is 0 Å². The van der Waals surface area contributed by atoms with E-state index in [1.54, 1.807) is 0 Å². The molecule has 9 heteroatoms. The molecule has 0 radical (unpaired) electrons. The summed E-state index contributed by atoms with van der Waals surface area (Å²) in [6, 6.07) is 0. The number of ether oxygens (including phenoxy) is 7. The predicted molar refractivity (Wildman–Crippen MR) is 162 cm³/mol. The molecule has 0 rings (SSSR count). The lowest BCUT2D eigenvalue weighted by molar-refractivity contribution is -0.145. The van der Waals surface area contributed by atoms with E-state index in [4.69, 9.17) is 38.3 Å². The number of unbranched alkanes of at least 4 members (excludes halogenated alkanes) is 7. The van der Waals surface area contributed by atoms with Gasteiger partial charge in [-0.25, -0.2) is 0 Å². The van der Waals surface area contributed by atoms with Crippen LogP contribution >= 0.6 is 0 Å². The van der Waals surface area contributed by atoms with Crippen molar-refractivity contribution in [3.8, 4) is 0 Å². The van der Waals surface area contributed by atoms with Gasteiger partial charge in [0, 0.05) is 6.42 Å². The SMILES string of the molecule is CCCC/C=C/C=C/C=C\CCCCCCCC(=O)OCCOCCOCCOCCOCCOCCOCCO. The van der Waals surface area contributed by atoms with Crippen LogP contribution in [0, 0.1) is 0 Å². The van der Waals surface area contributed by atoms with Crippen LogP contribution in [0.3, 0.4) is 0 Å². The number of hydrogen-bond donors (Lipinski definition) is 1. The van der Waals surface area contributed by atoms with Crippen LogP contribution in [0.25, 0.3) is 0 Å². The first-order valence-corrected chi connectivity index (χ1v) is 15.5. The maximum absolute atomic E-state index is 11.8. The number of allylic oxidation sites excluding steroid dienone is 6. The largest absolute Gasteiger partial charge is 0.463 e. The predicted octanol–water partition coefficient (Wildman–Crippen LogP) is 5.21. The minimum Gasteiger partial charge on any atom is -0.463 e. The maximum Gasteiger partial charge on any atom is 0.305 e. The molecule has 0 amide bonds. The first-order chi connectivity index (χ1) is 20.3. The monoisotopic (exact) mass is 586 g/mol. The maximum atomic E-state index is 11.8. The Kier molecular flexibility index (Phi) is 35.0. The van der Waals surface area contributed by atoms with Crippen LogP contribution in [-0.2, 0) is 38.0 Å². The van der Waals surface area contributed by atoms with E-state index >= 15 is 0 Å². The molecule has 0 aliphatic carbocycles. The first-order valence-electron chi connectivity index (χ1n) is 15.5. The van der Waals surface area contributed by atoms with Crippen LogP contribution in [0.1, 0.15) is 71.1 Å².